The van der Waals surface area contributed by atoms with Crippen molar-refractivity contribution in [1.29, 1.82) is 0 Å². The quantitative estimate of drug-likeness (QED) is 0.785. The number of benzene rings is 2. The van der Waals surface area contributed by atoms with E-state index < -0.39 is 18.1 Å². The molecule has 4 rings (SSSR count). The second-order valence-electron chi connectivity index (χ2n) is 7.28. The van der Waals surface area contributed by atoms with Gasteiger partial charge in [-0.05, 0) is 28.7 Å². The second kappa shape index (κ2) is 7.95. The number of carbonyl (C=O) groups excluding carboxylic acids is 2. The Hall–Kier alpha value is -3.35. The van der Waals surface area contributed by atoms with E-state index in [1.165, 1.54) is 4.90 Å². The number of alkyl carbamates (subject to hydrolysis) is 1. The number of amides is 2. The zero-order chi connectivity index (χ0) is 20.4. The van der Waals surface area contributed by atoms with Gasteiger partial charge in [0.1, 0.15) is 12.6 Å². The Labute approximate surface area is 168 Å². The minimum Gasteiger partial charge on any atom is -0.481 e. The third kappa shape index (κ3) is 3.81. The van der Waals surface area contributed by atoms with Crippen molar-refractivity contribution in [3.8, 4) is 11.1 Å². The maximum Gasteiger partial charge on any atom is 0.407 e. The molecule has 2 amide bonds. The van der Waals surface area contributed by atoms with Crippen LogP contribution in [-0.4, -0.2) is 53.7 Å². The Bertz CT molecular complexity index is 912. The predicted molar refractivity (Wildman–Crippen MR) is 105 cm³/mol. The minimum absolute atomic E-state index is 0.0421. The molecule has 150 valence electrons. The van der Waals surface area contributed by atoms with Gasteiger partial charge in [0.15, 0.2) is 0 Å². The summed E-state index contributed by atoms with van der Waals surface area (Å²) in [6.45, 7) is 0.765. The van der Waals surface area contributed by atoms with Gasteiger partial charge in [-0.1, -0.05) is 48.5 Å². The van der Waals surface area contributed by atoms with Crippen LogP contribution < -0.4 is 5.32 Å². The Morgan fingerprint density at radius 3 is 2.31 bits per heavy atom. The van der Waals surface area contributed by atoms with Crippen LogP contribution in [0.5, 0.6) is 0 Å². The number of rotatable bonds is 6. The topological polar surface area (TPSA) is 95.9 Å². The van der Waals surface area contributed by atoms with Gasteiger partial charge >= 0.3 is 12.1 Å². The molecule has 1 aliphatic carbocycles. The monoisotopic (exact) mass is 394 g/mol. The molecule has 0 aromatic heterocycles. The summed E-state index contributed by atoms with van der Waals surface area (Å²) in [5, 5.41) is 11.4. The van der Waals surface area contributed by atoms with Crippen LogP contribution in [0.1, 0.15) is 29.9 Å². The Balaban J connectivity index is 1.36. The molecule has 0 radical (unpaired) electrons. The van der Waals surface area contributed by atoms with Gasteiger partial charge in [-0.2, -0.15) is 0 Å². The highest BCUT2D eigenvalue weighted by atomic mass is 16.5. The number of nitrogens with one attached hydrogen (secondary N) is 1. The first-order valence-corrected chi connectivity index (χ1v) is 9.66. The number of aliphatic carboxylic acids is 1. The van der Waals surface area contributed by atoms with Crippen molar-refractivity contribution in [3.05, 3.63) is 59.7 Å². The summed E-state index contributed by atoms with van der Waals surface area (Å²) >= 11 is 0. The predicted octanol–water partition coefficient (Wildman–Crippen LogP) is 2.60. The summed E-state index contributed by atoms with van der Waals surface area (Å²) in [4.78, 5) is 36.7. The normalized spacial score (nSPS) is 17.7. The largest absolute Gasteiger partial charge is 0.481 e. The molecule has 2 aliphatic rings. The summed E-state index contributed by atoms with van der Waals surface area (Å²) in [6.07, 6.45) is -0.295. The molecular formula is C22H22N2O5. The number of likely N-dealkylation sites (tertiary alicyclic amines) is 1. The first-order chi connectivity index (χ1) is 14.0. The van der Waals surface area contributed by atoms with Crippen LogP contribution in [0.15, 0.2) is 48.5 Å². The molecule has 1 saturated heterocycles. The van der Waals surface area contributed by atoms with Crippen molar-refractivity contribution in [1.82, 2.24) is 10.2 Å². The Morgan fingerprint density at radius 1 is 1.07 bits per heavy atom. The van der Waals surface area contributed by atoms with Gasteiger partial charge in [0, 0.05) is 19.0 Å². The average molecular weight is 394 g/mol. The van der Waals surface area contributed by atoms with Gasteiger partial charge in [-0.15, -0.1) is 0 Å². The molecule has 2 aromatic rings. The fraction of sp³-hybridized carbons (Fsp3) is 0.318. The maximum atomic E-state index is 12.3. The van der Waals surface area contributed by atoms with Crippen LogP contribution >= 0.6 is 0 Å². The number of hydrogen-bond acceptors (Lipinski definition) is 4. The van der Waals surface area contributed by atoms with E-state index in [0.717, 1.165) is 22.3 Å². The smallest absolute Gasteiger partial charge is 0.407 e. The molecule has 7 nitrogen and oxygen atoms in total. The van der Waals surface area contributed by atoms with E-state index >= 15 is 0 Å². The van der Waals surface area contributed by atoms with Gasteiger partial charge < -0.3 is 20.1 Å². The number of ether oxygens (including phenoxy) is 1. The zero-order valence-electron chi connectivity index (χ0n) is 15.8. The summed E-state index contributed by atoms with van der Waals surface area (Å²) in [5.74, 6) is -1.26. The van der Waals surface area contributed by atoms with Gasteiger partial charge in [0.2, 0.25) is 5.91 Å². The standard InChI is InChI=1S/C22H22N2O5/c25-20(26)10-12-24-11-9-19(21(24)27)23-22(28)29-13-18-16-7-3-1-5-14(16)15-6-2-4-8-17(15)18/h1-8,18-19H,9-13H2,(H,23,28)(H,25,26)/t19-/m1/s1. The molecule has 1 atom stereocenters. The van der Waals surface area contributed by atoms with Crippen molar-refractivity contribution in [3.63, 3.8) is 0 Å². The summed E-state index contributed by atoms with van der Waals surface area (Å²) in [5.41, 5.74) is 4.55. The summed E-state index contributed by atoms with van der Waals surface area (Å²) in [6, 6.07) is 15.5. The molecule has 2 N–H and O–H groups in total. The zero-order valence-corrected chi connectivity index (χ0v) is 15.8. The first kappa shape index (κ1) is 19.0. The molecule has 1 fully saturated rings. The molecular weight excluding hydrogens is 372 g/mol. The summed E-state index contributed by atoms with van der Waals surface area (Å²) in [7, 11) is 0. The van der Waals surface area contributed by atoms with Crippen LogP contribution in [0.3, 0.4) is 0 Å². The Kier molecular flexibility index (Phi) is 5.20. The highest BCUT2D eigenvalue weighted by Crippen LogP contribution is 2.44. The lowest BCUT2D eigenvalue weighted by atomic mass is 9.98. The van der Waals surface area contributed by atoms with Gasteiger partial charge in [-0.3, -0.25) is 9.59 Å². The third-order valence-corrected chi connectivity index (χ3v) is 5.53. The van der Waals surface area contributed by atoms with Crippen LogP contribution in [0.4, 0.5) is 4.79 Å². The lowest BCUT2D eigenvalue weighted by Gasteiger charge is -2.17. The molecule has 1 heterocycles. The number of nitrogens with zero attached hydrogens (tertiary/aromatic N) is 1. The van der Waals surface area contributed by atoms with Crippen molar-refractivity contribution in [2.24, 2.45) is 0 Å². The third-order valence-electron chi connectivity index (χ3n) is 5.53. The molecule has 0 bridgehead atoms. The average Bonchev–Trinajstić information content (AvgIpc) is 3.23. The van der Waals surface area contributed by atoms with Crippen molar-refractivity contribution in [2.75, 3.05) is 19.7 Å². The molecule has 2 aromatic carbocycles. The minimum atomic E-state index is -0.953. The van der Waals surface area contributed by atoms with E-state index in [-0.39, 0.29) is 31.4 Å². The van der Waals surface area contributed by atoms with Crippen LogP contribution in [0, 0.1) is 0 Å². The SMILES string of the molecule is O=C(O)CCN1CC[C@@H](NC(=O)OCC2c3ccccc3-c3ccccc32)C1=O. The van der Waals surface area contributed by atoms with E-state index in [1.54, 1.807) is 0 Å². The van der Waals surface area contributed by atoms with E-state index in [9.17, 15) is 14.4 Å². The van der Waals surface area contributed by atoms with Crippen molar-refractivity contribution in [2.45, 2.75) is 24.8 Å². The van der Waals surface area contributed by atoms with Crippen molar-refractivity contribution < 1.29 is 24.2 Å². The van der Waals surface area contributed by atoms with Gasteiger partial charge in [-0.25, -0.2) is 4.79 Å². The fourth-order valence-corrected chi connectivity index (χ4v) is 4.11. The van der Waals surface area contributed by atoms with Crippen molar-refractivity contribution >= 4 is 18.0 Å². The number of carbonyl (C=O) groups is 3. The van der Waals surface area contributed by atoms with Gasteiger partial charge in [0.05, 0.1) is 6.42 Å². The number of carboxylic acids is 1. The highest BCUT2D eigenvalue weighted by Gasteiger charge is 2.34. The lowest BCUT2D eigenvalue weighted by Crippen LogP contribution is -2.42. The highest BCUT2D eigenvalue weighted by molar-refractivity contribution is 5.87. The fourth-order valence-electron chi connectivity index (χ4n) is 4.11. The molecule has 0 saturated carbocycles. The number of fused-ring (bicyclic) bond motifs is 3. The number of hydrogen-bond donors (Lipinski definition) is 2. The number of carboxylic acid groups (broad SMARTS) is 1. The summed E-state index contributed by atoms with van der Waals surface area (Å²) < 4.78 is 5.47. The molecule has 7 heteroatoms. The molecule has 1 aliphatic heterocycles. The lowest BCUT2D eigenvalue weighted by molar-refractivity contribution is -0.138. The molecule has 0 unspecified atom stereocenters. The van der Waals surface area contributed by atoms with E-state index in [4.69, 9.17) is 9.84 Å². The Morgan fingerprint density at radius 2 is 1.69 bits per heavy atom. The second-order valence-corrected chi connectivity index (χ2v) is 7.28. The van der Waals surface area contributed by atoms with Crippen LogP contribution in [0.2, 0.25) is 0 Å². The molecule has 29 heavy (non-hydrogen) atoms. The van der Waals surface area contributed by atoms with E-state index in [0.29, 0.717) is 13.0 Å². The first-order valence-electron chi connectivity index (χ1n) is 9.66. The maximum absolute atomic E-state index is 12.3. The van der Waals surface area contributed by atoms with E-state index in [2.05, 4.69) is 17.4 Å². The molecule has 0 spiro atoms. The van der Waals surface area contributed by atoms with Gasteiger partial charge in [0.25, 0.3) is 0 Å². The van der Waals surface area contributed by atoms with E-state index in [1.807, 2.05) is 36.4 Å². The van der Waals surface area contributed by atoms with Crippen LogP contribution in [-0.2, 0) is 14.3 Å². The van der Waals surface area contributed by atoms with Crippen LogP contribution in [0.25, 0.3) is 11.1 Å².